The van der Waals surface area contributed by atoms with Gasteiger partial charge in [-0.2, -0.15) is 4.31 Å². The van der Waals surface area contributed by atoms with Crippen LogP contribution in [0.3, 0.4) is 0 Å². The molecule has 0 aliphatic heterocycles. The van der Waals surface area contributed by atoms with E-state index >= 15 is 0 Å². The molecular formula is C17H24N2O5S. The van der Waals surface area contributed by atoms with Gasteiger partial charge in [0, 0.05) is 13.1 Å². The second kappa shape index (κ2) is 7.88. The van der Waals surface area contributed by atoms with E-state index < -0.39 is 10.0 Å². The Kier molecular flexibility index (Phi) is 6.07. The predicted molar refractivity (Wildman–Crippen MR) is 93.4 cm³/mol. The molecule has 0 unspecified atom stereocenters. The lowest BCUT2D eigenvalue weighted by atomic mass is 10.2. The zero-order valence-electron chi connectivity index (χ0n) is 15.2. The van der Waals surface area contributed by atoms with Gasteiger partial charge in [0.25, 0.3) is 0 Å². The van der Waals surface area contributed by atoms with E-state index in [2.05, 4.69) is 5.16 Å². The molecule has 0 saturated heterocycles. The maximum Gasteiger partial charge on any atom is 0.248 e. The van der Waals surface area contributed by atoms with Crippen molar-refractivity contribution in [3.63, 3.8) is 0 Å². The zero-order valence-corrected chi connectivity index (χ0v) is 16.0. The van der Waals surface area contributed by atoms with Crippen molar-refractivity contribution in [2.24, 2.45) is 0 Å². The SMILES string of the molecule is CCOc1ccc(CN(CC)S(=O)(=O)c2c(C)noc2C)cc1OC. The fraction of sp³-hybridized carbons (Fsp3) is 0.471. The fourth-order valence-electron chi connectivity index (χ4n) is 2.63. The van der Waals surface area contributed by atoms with Crippen molar-refractivity contribution in [1.82, 2.24) is 9.46 Å². The van der Waals surface area contributed by atoms with Crippen molar-refractivity contribution in [3.8, 4) is 11.5 Å². The number of aryl methyl sites for hydroxylation is 2. The molecule has 0 amide bonds. The van der Waals surface area contributed by atoms with Crippen LogP contribution in [0.5, 0.6) is 11.5 Å². The molecule has 0 radical (unpaired) electrons. The van der Waals surface area contributed by atoms with Gasteiger partial charge >= 0.3 is 0 Å². The van der Waals surface area contributed by atoms with Crippen LogP contribution < -0.4 is 9.47 Å². The highest BCUT2D eigenvalue weighted by molar-refractivity contribution is 7.89. The Morgan fingerprint density at radius 3 is 2.44 bits per heavy atom. The molecule has 0 fully saturated rings. The largest absolute Gasteiger partial charge is 0.493 e. The third-order valence-corrected chi connectivity index (χ3v) is 5.97. The van der Waals surface area contributed by atoms with Crippen LogP contribution >= 0.6 is 0 Å². The Labute approximate surface area is 148 Å². The van der Waals surface area contributed by atoms with E-state index in [0.29, 0.717) is 36.1 Å². The van der Waals surface area contributed by atoms with E-state index in [1.165, 1.54) is 4.31 Å². The first-order valence-corrected chi connectivity index (χ1v) is 9.51. The van der Waals surface area contributed by atoms with Crippen molar-refractivity contribution in [3.05, 3.63) is 35.2 Å². The van der Waals surface area contributed by atoms with Crippen molar-refractivity contribution in [2.45, 2.75) is 39.1 Å². The summed E-state index contributed by atoms with van der Waals surface area (Å²) in [7, 11) is -2.15. The van der Waals surface area contributed by atoms with Crippen LogP contribution in [0.25, 0.3) is 0 Å². The fourth-order valence-corrected chi connectivity index (χ4v) is 4.36. The van der Waals surface area contributed by atoms with E-state index in [4.69, 9.17) is 14.0 Å². The van der Waals surface area contributed by atoms with Crippen LogP contribution in [-0.4, -0.2) is 38.1 Å². The van der Waals surface area contributed by atoms with Crippen LogP contribution in [0.15, 0.2) is 27.6 Å². The number of hydrogen-bond acceptors (Lipinski definition) is 6. The van der Waals surface area contributed by atoms with Gasteiger partial charge in [-0.05, 0) is 38.5 Å². The average Bonchev–Trinajstić information content (AvgIpc) is 2.93. The average molecular weight is 368 g/mol. The number of aromatic nitrogens is 1. The maximum atomic E-state index is 13.0. The molecule has 2 aromatic rings. The van der Waals surface area contributed by atoms with Crippen molar-refractivity contribution < 1.29 is 22.4 Å². The van der Waals surface area contributed by atoms with Crippen molar-refractivity contribution in [2.75, 3.05) is 20.3 Å². The number of nitrogens with zero attached hydrogens (tertiary/aromatic N) is 2. The van der Waals surface area contributed by atoms with Gasteiger partial charge in [-0.15, -0.1) is 0 Å². The summed E-state index contributed by atoms with van der Waals surface area (Å²) < 4.78 is 43.2. The monoisotopic (exact) mass is 368 g/mol. The van der Waals surface area contributed by atoms with E-state index in [9.17, 15) is 8.42 Å². The molecule has 0 aliphatic carbocycles. The van der Waals surface area contributed by atoms with Gasteiger partial charge in [0.2, 0.25) is 10.0 Å². The highest BCUT2D eigenvalue weighted by Gasteiger charge is 2.30. The minimum atomic E-state index is -3.70. The first kappa shape index (κ1) is 19.3. The molecule has 0 saturated carbocycles. The number of benzene rings is 1. The summed E-state index contributed by atoms with van der Waals surface area (Å²) >= 11 is 0. The summed E-state index contributed by atoms with van der Waals surface area (Å²) in [6.45, 7) is 7.96. The minimum absolute atomic E-state index is 0.132. The number of methoxy groups -OCH3 is 1. The highest BCUT2D eigenvalue weighted by Crippen LogP contribution is 2.30. The highest BCUT2D eigenvalue weighted by atomic mass is 32.2. The molecule has 1 aromatic heterocycles. The smallest absolute Gasteiger partial charge is 0.248 e. The van der Waals surface area contributed by atoms with E-state index in [1.54, 1.807) is 40.0 Å². The van der Waals surface area contributed by atoms with Gasteiger partial charge in [-0.1, -0.05) is 18.1 Å². The first-order chi connectivity index (χ1) is 11.8. The number of rotatable bonds is 8. The van der Waals surface area contributed by atoms with Gasteiger partial charge in [0.1, 0.15) is 10.6 Å². The number of hydrogen-bond donors (Lipinski definition) is 0. The molecule has 7 nitrogen and oxygen atoms in total. The predicted octanol–water partition coefficient (Wildman–Crippen LogP) is 2.91. The summed E-state index contributed by atoms with van der Waals surface area (Å²) in [5, 5.41) is 3.75. The Bertz CT molecular complexity index is 810. The summed E-state index contributed by atoms with van der Waals surface area (Å²) in [6.07, 6.45) is 0. The van der Waals surface area contributed by atoms with Gasteiger partial charge < -0.3 is 14.0 Å². The molecule has 8 heteroatoms. The number of sulfonamides is 1. The minimum Gasteiger partial charge on any atom is -0.493 e. The third-order valence-electron chi connectivity index (χ3n) is 3.81. The Balaban J connectivity index is 2.34. The Morgan fingerprint density at radius 1 is 1.20 bits per heavy atom. The molecule has 0 spiro atoms. The van der Waals surface area contributed by atoms with E-state index in [-0.39, 0.29) is 11.4 Å². The Morgan fingerprint density at radius 2 is 1.92 bits per heavy atom. The Hall–Kier alpha value is -2.06. The third kappa shape index (κ3) is 3.96. The summed E-state index contributed by atoms with van der Waals surface area (Å²) in [6, 6.07) is 5.41. The maximum absolute atomic E-state index is 13.0. The van der Waals surface area contributed by atoms with Gasteiger partial charge in [0.15, 0.2) is 17.3 Å². The molecule has 1 aromatic carbocycles. The second-order valence-electron chi connectivity index (χ2n) is 5.50. The lowest BCUT2D eigenvalue weighted by molar-refractivity contribution is 0.310. The first-order valence-electron chi connectivity index (χ1n) is 8.07. The molecule has 0 N–H and O–H groups in total. The standard InChI is InChI=1S/C17H24N2O5S/c1-6-19(25(20,21)17-12(3)18-24-13(17)4)11-14-8-9-15(23-7-2)16(10-14)22-5/h8-10H,6-7,11H2,1-5H3. The lowest BCUT2D eigenvalue weighted by Gasteiger charge is -2.21. The van der Waals surface area contributed by atoms with Crippen LogP contribution in [0.2, 0.25) is 0 Å². The molecule has 0 atom stereocenters. The molecule has 0 bridgehead atoms. The molecular weight excluding hydrogens is 344 g/mol. The quantitative estimate of drug-likeness (QED) is 0.712. The number of ether oxygens (including phenoxy) is 2. The molecule has 1 heterocycles. The molecule has 0 aliphatic rings. The van der Waals surface area contributed by atoms with Crippen LogP contribution in [-0.2, 0) is 16.6 Å². The van der Waals surface area contributed by atoms with Gasteiger partial charge in [-0.3, -0.25) is 0 Å². The zero-order chi connectivity index (χ0) is 18.6. The van der Waals surface area contributed by atoms with Crippen LogP contribution in [0.4, 0.5) is 0 Å². The van der Waals surface area contributed by atoms with Gasteiger partial charge in [0.05, 0.1) is 13.7 Å². The topological polar surface area (TPSA) is 81.9 Å². The molecule has 2 rings (SSSR count). The molecule has 25 heavy (non-hydrogen) atoms. The summed E-state index contributed by atoms with van der Waals surface area (Å²) in [5.74, 6) is 1.50. The van der Waals surface area contributed by atoms with E-state index in [1.807, 2.05) is 13.0 Å². The van der Waals surface area contributed by atoms with Crippen LogP contribution in [0, 0.1) is 13.8 Å². The second-order valence-corrected chi connectivity index (χ2v) is 7.38. The van der Waals surface area contributed by atoms with Crippen LogP contribution in [0.1, 0.15) is 30.9 Å². The van der Waals surface area contributed by atoms with Gasteiger partial charge in [-0.25, -0.2) is 8.42 Å². The summed E-state index contributed by atoms with van der Waals surface area (Å²) in [5.41, 5.74) is 1.16. The summed E-state index contributed by atoms with van der Waals surface area (Å²) in [4.78, 5) is 0.132. The lowest BCUT2D eigenvalue weighted by Crippen LogP contribution is -2.31. The van der Waals surface area contributed by atoms with E-state index in [0.717, 1.165) is 5.56 Å². The van der Waals surface area contributed by atoms with Crippen molar-refractivity contribution >= 4 is 10.0 Å². The molecule has 138 valence electrons. The normalized spacial score (nSPS) is 11.8. The van der Waals surface area contributed by atoms with Crippen molar-refractivity contribution in [1.29, 1.82) is 0 Å².